The number of ether oxygens (including phenoxy) is 2. The van der Waals surface area contributed by atoms with Gasteiger partial charge in [-0.05, 0) is 36.6 Å². The summed E-state index contributed by atoms with van der Waals surface area (Å²) in [5.74, 6) is 1.11. The topological polar surface area (TPSA) is 76.2 Å². The molecular formula is C20H20N2O5S. The van der Waals surface area contributed by atoms with Crippen LogP contribution >= 0.6 is 0 Å². The average Bonchev–Trinajstić information content (AvgIpc) is 3.30. The first-order chi connectivity index (χ1) is 13.5. The SMILES string of the molecule is O=C1Cc2ccccc2N1C1CCN(S(=O)(=O)c2ccc3c(c2)OCO3)CC1. The van der Waals surface area contributed by atoms with Crippen molar-refractivity contribution < 1.29 is 22.7 Å². The van der Waals surface area contributed by atoms with Gasteiger partial charge in [0.05, 0.1) is 11.3 Å². The van der Waals surface area contributed by atoms with Crippen LogP contribution in [0.15, 0.2) is 47.4 Å². The summed E-state index contributed by atoms with van der Waals surface area (Å²) in [4.78, 5) is 14.6. The van der Waals surface area contributed by atoms with Crippen molar-refractivity contribution >= 4 is 21.6 Å². The minimum Gasteiger partial charge on any atom is -0.454 e. The monoisotopic (exact) mass is 400 g/mol. The number of nitrogens with zero attached hydrogens (tertiary/aromatic N) is 2. The van der Waals surface area contributed by atoms with Crippen LogP contribution in [0.4, 0.5) is 5.69 Å². The summed E-state index contributed by atoms with van der Waals surface area (Å²) in [6, 6.07) is 12.5. The second-order valence-corrected chi connectivity index (χ2v) is 9.16. The number of carbonyl (C=O) groups is 1. The highest BCUT2D eigenvalue weighted by molar-refractivity contribution is 7.89. The second kappa shape index (κ2) is 6.49. The van der Waals surface area contributed by atoms with Gasteiger partial charge >= 0.3 is 0 Å². The molecule has 2 aromatic carbocycles. The first-order valence-electron chi connectivity index (χ1n) is 9.34. The smallest absolute Gasteiger partial charge is 0.243 e. The number of sulfonamides is 1. The van der Waals surface area contributed by atoms with Gasteiger partial charge in [0.15, 0.2) is 11.5 Å². The van der Waals surface area contributed by atoms with E-state index in [4.69, 9.17) is 9.47 Å². The molecule has 0 aromatic heterocycles. The van der Waals surface area contributed by atoms with E-state index in [1.807, 2.05) is 29.2 Å². The summed E-state index contributed by atoms with van der Waals surface area (Å²) < 4.78 is 38.1. The Labute approximate surface area is 163 Å². The Kier molecular flexibility index (Phi) is 4.06. The number of rotatable bonds is 3. The van der Waals surface area contributed by atoms with Crippen LogP contribution in [0.25, 0.3) is 0 Å². The lowest BCUT2D eigenvalue weighted by atomic mass is 10.0. The average molecular weight is 400 g/mol. The standard InChI is InChI=1S/C20H20N2O5S/c23-20-11-14-3-1-2-4-17(14)22(20)15-7-9-21(10-8-15)28(24,25)16-5-6-18-19(12-16)27-13-26-18/h1-6,12,15H,7-11,13H2. The van der Waals surface area contributed by atoms with Crippen LogP contribution in [0.2, 0.25) is 0 Å². The number of para-hydroxylation sites is 1. The lowest BCUT2D eigenvalue weighted by molar-refractivity contribution is -0.117. The van der Waals surface area contributed by atoms with Gasteiger partial charge < -0.3 is 14.4 Å². The zero-order valence-electron chi connectivity index (χ0n) is 15.2. The molecule has 0 saturated carbocycles. The Morgan fingerprint density at radius 1 is 0.964 bits per heavy atom. The van der Waals surface area contributed by atoms with Gasteiger partial charge in [-0.25, -0.2) is 8.42 Å². The zero-order chi connectivity index (χ0) is 19.3. The predicted octanol–water partition coefficient (Wildman–Crippen LogP) is 2.16. The van der Waals surface area contributed by atoms with Crippen LogP contribution in [0.5, 0.6) is 11.5 Å². The molecule has 2 aromatic rings. The Bertz CT molecular complexity index is 1040. The molecule has 0 radical (unpaired) electrons. The maximum absolute atomic E-state index is 13.0. The molecule has 0 atom stereocenters. The number of hydrogen-bond donors (Lipinski definition) is 0. The zero-order valence-corrected chi connectivity index (χ0v) is 16.0. The molecule has 1 amide bonds. The third-order valence-electron chi connectivity index (χ3n) is 5.63. The largest absolute Gasteiger partial charge is 0.454 e. The lowest BCUT2D eigenvalue weighted by Gasteiger charge is -2.36. The number of amides is 1. The molecule has 0 bridgehead atoms. The Morgan fingerprint density at radius 3 is 2.54 bits per heavy atom. The van der Waals surface area contributed by atoms with E-state index in [2.05, 4.69) is 0 Å². The van der Waals surface area contributed by atoms with Crippen molar-refractivity contribution in [3.05, 3.63) is 48.0 Å². The van der Waals surface area contributed by atoms with Crippen molar-refractivity contribution in [2.75, 3.05) is 24.8 Å². The highest BCUT2D eigenvalue weighted by Crippen LogP contribution is 2.36. The molecule has 0 N–H and O–H groups in total. The molecule has 3 aliphatic heterocycles. The molecule has 1 saturated heterocycles. The fourth-order valence-electron chi connectivity index (χ4n) is 4.21. The molecule has 7 nitrogen and oxygen atoms in total. The van der Waals surface area contributed by atoms with E-state index in [-0.39, 0.29) is 23.6 Å². The molecule has 0 aliphatic carbocycles. The van der Waals surface area contributed by atoms with E-state index in [0.717, 1.165) is 11.3 Å². The molecule has 1 fully saturated rings. The third-order valence-corrected chi connectivity index (χ3v) is 7.53. The molecular weight excluding hydrogens is 380 g/mol. The number of hydrogen-bond acceptors (Lipinski definition) is 5. The molecule has 3 aliphatic rings. The van der Waals surface area contributed by atoms with Crippen molar-refractivity contribution in [3.63, 3.8) is 0 Å². The molecule has 146 valence electrons. The summed E-state index contributed by atoms with van der Waals surface area (Å²) in [5.41, 5.74) is 2.01. The first-order valence-corrected chi connectivity index (χ1v) is 10.8. The summed E-state index contributed by atoms with van der Waals surface area (Å²) in [7, 11) is -3.61. The number of carbonyl (C=O) groups excluding carboxylic acids is 1. The highest BCUT2D eigenvalue weighted by atomic mass is 32.2. The maximum Gasteiger partial charge on any atom is 0.243 e. The third kappa shape index (κ3) is 2.75. The van der Waals surface area contributed by atoms with Crippen molar-refractivity contribution in [2.24, 2.45) is 0 Å². The van der Waals surface area contributed by atoms with Gasteiger partial charge in [0.25, 0.3) is 0 Å². The summed E-state index contributed by atoms with van der Waals surface area (Å²) >= 11 is 0. The van der Waals surface area contributed by atoms with Crippen molar-refractivity contribution in [1.29, 1.82) is 0 Å². The minimum absolute atomic E-state index is 0.0272. The lowest BCUT2D eigenvalue weighted by Crippen LogP contribution is -2.47. The van der Waals surface area contributed by atoms with Gasteiger partial charge in [-0.1, -0.05) is 18.2 Å². The van der Waals surface area contributed by atoms with Crippen LogP contribution in [0, 0.1) is 0 Å². The van der Waals surface area contributed by atoms with Crippen LogP contribution in [-0.2, 0) is 21.2 Å². The summed E-state index contributed by atoms with van der Waals surface area (Å²) in [5, 5.41) is 0. The van der Waals surface area contributed by atoms with Gasteiger partial charge in [-0.15, -0.1) is 0 Å². The van der Waals surface area contributed by atoms with Crippen molar-refractivity contribution in [1.82, 2.24) is 4.31 Å². The van der Waals surface area contributed by atoms with E-state index in [1.165, 1.54) is 10.4 Å². The van der Waals surface area contributed by atoms with Crippen molar-refractivity contribution in [3.8, 4) is 11.5 Å². The Balaban J connectivity index is 1.33. The van der Waals surface area contributed by atoms with Gasteiger partial charge in [0.1, 0.15) is 0 Å². The van der Waals surface area contributed by atoms with E-state index in [0.29, 0.717) is 43.9 Å². The van der Waals surface area contributed by atoms with E-state index >= 15 is 0 Å². The number of piperidine rings is 1. The van der Waals surface area contributed by atoms with Crippen LogP contribution in [0.1, 0.15) is 18.4 Å². The fourth-order valence-corrected chi connectivity index (χ4v) is 5.69. The van der Waals surface area contributed by atoms with Gasteiger partial charge in [-0.2, -0.15) is 4.31 Å². The van der Waals surface area contributed by atoms with E-state index in [1.54, 1.807) is 12.1 Å². The van der Waals surface area contributed by atoms with E-state index in [9.17, 15) is 13.2 Å². The van der Waals surface area contributed by atoms with Crippen LogP contribution in [0.3, 0.4) is 0 Å². The fraction of sp³-hybridized carbons (Fsp3) is 0.350. The van der Waals surface area contributed by atoms with Gasteiger partial charge in [0, 0.05) is 30.9 Å². The van der Waals surface area contributed by atoms with Crippen LogP contribution in [-0.4, -0.2) is 44.6 Å². The number of anilines is 1. The first kappa shape index (κ1) is 17.5. The molecule has 5 rings (SSSR count). The normalized spacial score (nSPS) is 19.9. The molecule has 28 heavy (non-hydrogen) atoms. The Hall–Kier alpha value is -2.58. The second-order valence-electron chi connectivity index (χ2n) is 7.22. The van der Waals surface area contributed by atoms with Gasteiger partial charge in [0.2, 0.25) is 22.7 Å². The summed E-state index contributed by atoms with van der Waals surface area (Å²) in [6.45, 7) is 0.871. The van der Waals surface area contributed by atoms with Crippen LogP contribution < -0.4 is 14.4 Å². The quantitative estimate of drug-likeness (QED) is 0.789. The predicted molar refractivity (Wildman–Crippen MR) is 102 cm³/mol. The number of benzene rings is 2. The van der Waals surface area contributed by atoms with Crippen molar-refractivity contribution in [2.45, 2.75) is 30.2 Å². The summed E-state index contributed by atoms with van der Waals surface area (Å²) in [6.07, 6.45) is 1.65. The maximum atomic E-state index is 13.0. The van der Waals surface area contributed by atoms with E-state index < -0.39 is 10.0 Å². The molecule has 0 unspecified atom stereocenters. The minimum atomic E-state index is -3.61. The molecule has 3 heterocycles. The van der Waals surface area contributed by atoms with Gasteiger partial charge in [-0.3, -0.25) is 4.79 Å². The number of fused-ring (bicyclic) bond motifs is 2. The molecule has 0 spiro atoms. The molecule has 8 heteroatoms. The Morgan fingerprint density at radius 2 is 1.71 bits per heavy atom. The highest BCUT2D eigenvalue weighted by Gasteiger charge is 2.37.